The molecule has 5 nitrogen and oxygen atoms in total. The number of carbonyl (C=O) groups is 2. The normalized spacial score (nSPS) is 10.7. The molecule has 0 saturated heterocycles. The molecule has 0 rings (SSSR count). The first kappa shape index (κ1) is 24.7. The SMILES string of the molecule is CCCCCCCCCCCCCCCCCC(=O)NCCNC(N)=O. The highest BCUT2D eigenvalue weighted by molar-refractivity contribution is 5.76. The Bertz CT molecular complexity index is 335. The van der Waals surface area contributed by atoms with Crippen molar-refractivity contribution in [2.45, 2.75) is 110 Å². The molecule has 154 valence electrons. The van der Waals surface area contributed by atoms with Crippen LogP contribution in [0.25, 0.3) is 0 Å². The van der Waals surface area contributed by atoms with Crippen molar-refractivity contribution in [2.75, 3.05) is 13.1 Å². The maximum Gasteiger partial charge on any atom is 0.312 e. The number of nitrogens with two attached hydrogens (primary N) is 1. The molecule has 0 aromatic carbocycles. The third-order valence-corrected chi connectivity index (χ3v) is 4.75. The van der Waals surface area contributed by atoms with Crippen LogP contribution in [-0.4, -0.2) is 25.0 Å². The first-order chi connectivity index (χ1) is 12.7. The van der Waals surface area contributed by atoms with Gasteiger partial charge in [0.25, 0.3) is 0 Å². The minimum Gasteiger partial charge on any atom is -0.354 e. The third-order valence-electron chi connectivity index (χ3n) is 4.75. The lowest BCUT2D eigenvalue weighted by Crippen LogP contribution is -2.37. The van der Waals surface area contributed by atoms with E-state index < -0.39 is 6.03 Å². The van der Waals surface area contributed by atoms with Gasteiger partial charge in [-0.25, -0.2) is 4.79 Å². The second kappa shape index (κ2) is 20.1. The summed E-state index contributed by atoms with van der Waals surface area (Å²) in [6.07, 6.45) is 20.5. The summed E-state index contributed by atoms with van der Waals surface area (Å²) < 4.78 is 0. The molecule has 0 aliphatic rings. The fourth-order valence-electron chi connectivity index (χ4n) is 3.13. The molecule has 4 N–H and O–H groups in total. The molecule has 0 aromatic rings. The molecule has 0 atom stereocenters. The molecule has 0 saturated carbocycles. The van der Waals surface area contributed by atoms with Gasteiger partial charge >= 0.3 is 6.03 Å². The number of unbranched alkanes of at least 4 members (excludes halogenated alkanes) is 14. The van der Waals surface area contributed by atoms with Crippen LogP contribution in [0, 0.1) is 0 Å². The molecule has 0 spiro atoms. The number of urea groups is 1. The number of rotatable bonds is 19. The van der Waals surface area contributed by atoms with E-state index in [1.165, 1.54) is 83.5 Å². The predicted octanol–water partition coefficient (Wildman–Crippen LogP) is 5.03. The lowest BCUT2D eigenvalue weighted by Gasteiger charge is -2.06. The Hall–Kier alpha value is -1.26. The molecule has 26 heavy (non-hydrogen) atoms. The molecule has 0 aliphatic carbocycles. The summed E-state index contributed by atoms with van der Waals surface area (Å²) in [4.78, 5) is 22.0. The van der Waals surface area contributed by atoms with Gasteiger partial charge in [-0.3, -0.25) is 4.79 Å². The zero-order valence-corrected chi connectivity index (χ0v) is 17.1. The standard InChI is InChI=1S/C21H43N3O2/c1-2-3-4-5-6-7-8-9-10-11-12-13-14-15-16-17-20(25)23-18-19-24-21(22)26/h2-19H2,1H3,(H,23,25)(H3,22,24,26). The topological polar surface area (TPSA) is 84.2 Å². The van der Waals surface area contributed by atoms with Gasteiger partial charge in [-0.15, -0.1) is 0 Å². The maximum atomic E-state index is 11.6. The van der Waals surface area contributed by atoms with E-state index in [0.717, 1.165) is 12.8 Å². The average molecular weight is 370 g/mol. The Morgan fingerprint density at radius 2 is 1.00 bits per heavy atom. The smallest absolute Gasteiger partial charge is 0.312 e. The lowest BCUT2D eigenvalue weighted by atomic mass is 10.0. The van der Waals surface area contributed by atoms with Crippen molar-refractivity contribution < 1.29 is 9.59 Å². The zero-order chi connectivity index (χ0) is 19.3. The number of amides is 3. The number of carbonyl (C=O) groups excluding carboxylic acids is 2. The average Bonchev–Trinajstić information content (AvgIpc) is 2.62. The van der Waals surface area contributed by atoms with Crippen LogP contribution in [0.5, 0.6) is 0 Å². The molecule has 0 fully saturated rings. The fourth-order valence-corrected chi connectivity index (χ4v) is 3.13. The molecule has 0 aliphatic heterocycles. The van der Waals surface area contributed by atoms with E-state index in [2.05, 4.69) is 17.6 Å². The van der Waals surface area contributed by atoms with Crippen molar-refractivity contribution in [3.05, 3.63) is 0 Å². The summed E-state index contributed by atoms with van der Waals surface area (Å²) in [6.45, 7) is 3.10. The monoisotopic (exact) mass is 369 g/mol. The minimum atomic E-state index is -0.554. The summed E-state index contributed by atoms with van der Waals surface area (Å²) >= 11 is 0. The van der Waals surface area contributed by atoms with Crippen LogP contribution in [0.15, 0.2) is 0 Å². The van der Waals surface area contributed by atoms with E-state index in [4.69, 9.17) is 5.73 Å². The van der Waals surface area contributed by atoms with Gasteiger partial charge in [0.1, 0.15) is 0 Å². The highest BCUT2D eigenvalue weighted by Crippen LogP contribution is 2.13. The quantitative estimate of drug-likeness (QED) is 0.279. The summed E-state index contributed by atoms with van der Waals surface area (Å²) in [5.74, 6) is 0.0611. The van der Waals surface area contributed by atoms with Crippen molar-refractivity contribution in [3.63, 3.8) is 0 Å². The van der Waals surface area contributed by atoms with Crippen LogP contribution < -0.4 is 16.4 Å². The molecule has 3 amide bonds. The molecule has 0 unspecified atom stereocenters. The predicted molar refractivity (Wildman–Crippen MR) is 110 cm³/mol. The molecule has 0 heterocycles. The van der Waals surface area contributed by atoms with Gasteiger partial charge in [-0.2, -0.15) is 0 Å². The molecular formula is C21H43N3O2. The molecule has 0 radical (unpaired) electrons. The Labute approximate surface area is 161 Å². The van der Waals surface area contributed by atoms with Gasteiger partial charge in [0.2, 0.25) is 5.91 Å². The van der Waals surface area contributed by atoms with Crippen LogP contribution in [0.3, 0.4) is 0 Å². The van der Waals surface area contributed by atoms with E-state index in [9.17, 15) is 9.59 Å². The minimum absolute atomic E-state index is 0.0611. The van der Waals surface area contributed by atoms with Gasteiger partial charge in [0.05, 0.1) is 0 Å². The molecule has 0 bridgehead atoms. The summed E-state index contributed by atoms with van der Waals surface area (Å²) in [5, 5.41) is 5.23. The molecule has 5 heteroatoms. The van der Waals surface area contributed by atoms with Gasteiger partial charge in [0.15, 0.2) is 0 Å². The van der Waals surface area contributed by atoms with Crippen molar-refractivity contribution >= 4 is 11.9 Å². The molecular weight excluding hydrogens is 326 g/mol. The van der Waals surface area contributed by atoms with Gasteiger partial charge in [-0.1, -0.05) is 96.8 Å². The van der Waals surface area contributed by atoms with Crippen LogP contribution in [0.4, 0.5) is 4.79 Å². The van der Waals surface area contributed by atoms with Gasteiger partial charge in [-0.05, 0) is 6.42 Å². The highest BCUT2D eigenvalue weighted by Gasteiger charge is 2.01. The van der Waals surface area contributed by atoms with Crippen LogP contribution in [0.2, 0.25) is 0 Å². The summed E-state index contributed by atoms with van der Waals surface area (Å²) in [7, 11) is 0. The van der Waals surface area contributed by atoms with Gasteiger partial charge in [0, 0.05) is 19.5 Å². The second-order valence-electron chi connectivity index (χ2n) is 7.34. The zero-order valence-electron chi connectivity index (χ0n) is 17.1. The summed E-state index contributed by atoms with van der Waals surface area (Å²) in [5.41, 5.74) is 4.95. The molecule has 0 aromatic heterocycles. The van der Waals surface area contributed by atoms with Crippen LogP contribution in [0.1, 0.15) is 110 Å². The first-order valence-corrected chi connectivity index (χ1v) is 11.0. The van der Waals surface area contributed by atoms with E-state index >= 15 is 0 Å². The maximum absolute atomic E-state index is 11.6. The summed E-state index contributed by atoms with van der Waals surface area (Å²) in [6, 6.07) is -0.554. The largest absolute Gasteiger partial charge is 0.354 e. The van der Waals surface area contributed by atoms with E-state index in [-0.39, 0.29) is 5.91 Å². The Balaban J connectivity index is 3.12. The van der Waals surface area contributed by atoms with Crippen molar-refractivity contribution in [1.29, 1.82) is 0 Å². The number of hydrogen-bond acceptors (Lipinski definition) is 2. The van der Waals surface area contributed by atoms with E-state index in [1.807, 2.05) is 0 Å². The Kier molecular flexibility index (Phi) is 19.1. The van der Waals surface area contributed by atoms with Gasteiger partial charge < -0.3 is 16.4 Å². The number of nitrogens with one attached hydrogen (secondary N) is 2. The second-order valence-corrected chi connectivity index (χ2v) is 7.34. The third kappa shape index (κ3) is 20.8. The van der Waals surface area contributed by atoms with E-state index in [0.29, 0.717) is 19.5 Å². The fraction of sp³-hybridized carbons (Fsp3) is 0.905. The first-order valence-electron chi connectivity index (χ1n) is 11.0. The highest BCUT2D eigenvalue weighted by atomic mass is 16.2. The van der Waals surface area contributed by atoms with Crippen LogP contribution >= 0.6 is 0 Å². The Morgan fingerprint density at radius 1 is 0.615 bits per heavy atom. The number of primary amides is 1. The lowest BCUT2D eigenvalue weighted by molar-refractivity contribution is -0.121. The van der Waals surface area contributed by atoms with Crippen molar-refractivity contribution in [2.24, 2.45) is 5.73 Å². The van der Waals surface area contributed by atoms with Crippen molar-refractivity contribution in [1.82, 2.24) is 10.6 Å². The number of hydrogen-bond donors (Lipinski definition) is 3. The Morgan fingerprint density at radius 3 is 1.42 bits per heavy atom. The van der Waals surface area contributed by atoms with Crippen LogP contribution in [-0.2, 0) is 4.79 Å². The van der Waals surface area contributed by atoms with Crippen molar-refractivity contribution in [3.8, 4) is 0 Å². The van der Waals surface area contributed by atoms with E-state index in [1.54, 1.807) is 0 Å².